The highest BCUT2D eigenvalue weighted by atomic mass is 16.6. The number of hydrogen-bond acceptors (Lipinski definition) is 5. The quantitative estimate of drug-likeness (QED) is 0.611. The molecule has 1 unspecified atom stereocenters. The Balaban J connectivity index is 2.78. The molecule has 0 aromatic heterocycles. The molecule has 168 valence electrons. The van der Waals surface area contributed by atoms with E-state index in [1.54, 1.807) is 0 Å². The van der Waals surface area contributed by atoms with Crippen molar-refractivity contribution in [3.8, 4) is 0 Å². The summed E-state index contributed by atoms with van der Waals surface area (Å²) in [6.45, 7) is 12.6. The molecule has 29 heavy (non-hydrogen) atoms. The van der Waals surface area contributed by atoms with Crippen LogP contribution in [-0.4, -0.2) is 54.7 Å². The van der Waals surface area contributed by atoms with Crippen LogP contribution in [0, 0.1) is 11.3 Å². The van der Waals surface area contributed by atoms with Crippen LogP contribution in [0.1, 0.15) is 80.1 Å². The lowest BCUT2D eigenvalue weighted by atomic mass is 9.79. The summed E-state index contributed by atoms with van der Waals surface area (Å²) >= 11 is 0. The summed E-state index contributed by atoms with van der Waals surface area (Å²) in [5.41, 5.74) is -1.34. The van der Waals surface area contributed by atoms with Crippen LogP contribution in [0.3, 0.4) is 0 Å². The fraction of sp³-hybridized carbons (Fsp3) is 0.864. The molecule has 0 spiro atoms. The molecule has 1 saturated heterocycles. The zero-order chi connectivity index (χ0) is 22.2. The number of unbranched alkanes of at least 4 members (excludes halogenated alkanes) is 1. The smallest absolute Gasteiger partial charge is 0.407 e. The van der Waals surface area contributed by atoms with Gasteiger partial charge in [-0.05, 0) is 59.8 Å². The van der Waals surface area contributed by atoms with Crippen molar-refractivity contribution in [2.24, 2.45) is 11.3 Å². The second-order valence-corrected chi connectivity index (χ2v) is 9.58. The molecule has 0 radical (unpaired) electrons. The van der Waals surface area contributed by atoms with Gasteiger partial charge in [0.05, 0.1) is 12.5 Å². The Bertz CT molecular complexity index is 560. The third-order valence-electron chi connectivity index (χ3n) is 5.54. The number of methoxy groups -OCH3 is 1. The Morgan fingerprint density at radius 2 is 1.69 bits per heavy atom. The van der Waals surface area contributed by atoms with Gasteiger partial charge in [0.2, 0.25) is 5.91 Å². The molecule has 1 rings (SSSR count). The number of nitrogens with zero attached hydrogens (tertiary/aromatic N) is 1. The first kappa shape index (κ1) is 25.2. The summed E-state index contributed by atoms with van der Waals surface area (Å²) < 4.78 is 10.2. The third-order valence-corrected chi connectivity index (χ3v) is 5.54. The molecule has 1 aliphatic heterocycles. The number of esters is 1. The maximum Gasteiger partial charge on any atom is 0.407 e. The van der Waals surface area contributed by atoms with Crippen LogP contribution in [0.4, 0.5) is 4.79 Å². The van der Waals surface area contributed by atoms with Crippen LogP contribution in [0.25, 0.3) is 0 Å². The Kier molecular flexibility index (Phi) is 9.43. The summed E-state index contributed by atoms with van der Waals surface area (Å²) in [5.74, 6) is 0.0906. The van der Waals surface area contributed by atoms with Crippen LogP contribution in [0.15, 0.2) is 0 Å². The van der Waals surface area contributed by atoms with Gasteiger partial charge in [-0.2, -0.15) is 0 Å². The summed E-state index contributed by atoms with van der Waals surface area (Å²) in [7, 11) is 1.40. The van der Waals surface area contributed by atoms with Gasteiger partial charge in [-0.1, -0.05) is 19.8 Å². The molecule has 0 aromatic rings. The summed E-state index contributed by atoms with van der Waals surface area (Å²) in [5, 5.41) is 2.94. The SMILES string of the molecule is CCCCC(NC(=O)OC(C)(C)C)C(C)(C)C(=O)N1CCC(CC(=O)OC)CC1. The molecule has 0 aliphatic carbocycles. The van der Waals surface area contributed by atoms with Gasteiger partial charge < -0.3 is 19.7 Å². The normalized spacial score (nSPS) is 16.9. The van der Waals surface area contributed by atoms with E-state index in [1.807, 2.05) is 39.5 Å². The van der Waals surface area contributed by atoms with E-state index in [0.717, 1.165) is 25.7 Å². The zero-order valence-corrected chi connectivity index (χ0v) is 19.3. The van der Waals surface area contributed by atoms with Crippen molar-refractivity contribution in [2.45, 2.75) is 91.7 Å². The molecule has 1 atom stereocenters. The van der Waals surface area contributed by atoms with Crippen molar-refractivity contribution >= 4 is 18.0 Å². The van der Waals surface area contributed by atoms with E-state index in [2.05, 4.69) is 12.2 Å². The Hall–Kier alpha value is -1.79. The van der Waals surface area contributed by atoms with Gasteiger partial charge in [0, 0.05) is 25.6 Å². The Morgan fingerprint density at radius 3 is 2.17 bits per heavy atom. The van der Waals surface area contributed by atoms with Gasteiger partial charge in [-0.3, -0.25) is 9.59 Å². The zero-order valence-electron chi connectivity index (χ0n) is 19.3. The number of rotatable bonds is 8. The average molecular weight is 413 g/mol. The van der Waals surface area contributed by atoms with Crippen LogP contribution in [0.2, 0.25) is 0 Å². The predicted octanol–water partition coefficient (Wildman–Crippen LogP) is 3.90. The fourth-order valence-corrected chi connectivity index (χ4v) is 3.69. The molecule has 7 nitrogen and oxygen atoms in total. The second-order valence-electron chi connectivity index (χ2n) is 9.58. The highest BCUT2D eigenvalue weighted by Crippen LogP contribution is 2.31. The molecule has 0 aromatic carbocycles. The maximum atomic E-state index is 13.3. The molecule has 1 heterocycles. The van der Waals surface area contributed by atoms with Crippen LogP contribution < -0.4 is 5.32 Å². The maximum absolute atomic E-state index is 13.3. The topological polar surface area (TPSA) is 84.9 Å². The van der Waals surface area contributed by atoms with E-state index in [0.29, 0.717) is 25.9 Å². The minimum absolute atomic E-state index is 0.0335. The number of ether oxygens (including phenoxy) is 2. The molecule has 0 saturated carbocycles. The molecular weight excluding hydrogens is 372 g/mol. The molecule has 0 bridgehead atoms. The number of piperidine rings is 1. The molecule has 1 N–H and O–H groups in total. The van der Waals surface area contributed by atoms with Gasteiger partial charge in [-0.25, -0.2) is 4.79 Å². The van der Waals surface area contributed by atoms with Crippen molar-refractivity contribution in [3.05, 3.63) is 0 Å². The monoisotopic (exact) mass is 412 g/mol. The van der Waals surface area contributed by atoms with E-state index in [1.165, 1.54) is 7.11 Å². The predicted molar refractivity (Wildman–Crippen MR) is 112 cm³/mol. The lowest BCUT2D eigenvalue weighted by Gasteiger charge is -2.40. The highest BCUT2D eigenvalue weighted by Gasteiger charge is 2.41. The van der Waals surface area contributed by atoms with Gasteiger partial charge in [0.1, 0.15) is 5.60 Å². The molecule has 1 aliphatic rings. The van der Waals surface area contributed by atoms with Crippen LogP contribution in [-0.2, 0) is 19.1 Å². The number of amides is 2. The second kappa shape index (κ2) is 10.8. The minimum Gasteiger partial charge on any atom is -0.469 e. The summed E-state index contributed by atoms with van der Waals surface area (Å²) in [6.07, 6.45) is 4.10. The number of carbonyl (C=O) groups is 3. The lowest BCUT2D eigenvalue weighted by Crippen LogP contribution is -2.55. The van der Waals surface area contributed by atoms with Crippen LogP contribution in [0.5, 0.6) is 0 Å². The molecule has 2 amide bonds. The number of carbonyl (C=O) groups excluding carboxylic acids is 3. The highest BCUT2D eigenvalue weighted by molar-refractivity contribution is 5.83. The van der Waals surface area contributed by atoms with Gasteiger partial charge in [0.25, 0.3) is 0 Å². The molecule has 1 fully saturated rings. The fourth-order valence-electron chi connectivity index (χ4n) is 3.69. The number of hydrogen-bond donors (Lipinski definition) is 1. The van der Waals surface area contributed by atoms with Crippen molar-refractivity contribution < 1.29 is 23.9 Å². The number of likely N-dealkylation sites (tertiary alicyclic amines) is 1. The van der Waals surface area contributed by atoms with Crippen molar-refractivity contribution in [1.29, 1.82) is 0 Å². The van der Waals surface area contributed by atoms with E-state index < -0.39 is 17.1 Å². The van der Waals surface area contributed by atoms with E-state index in [-0.39, 0.29) is 23.8 Å². The molecular formula is C22H40N2O5. The van der Waals surface area contributed by atoms with Crippen molar-refractivity contribution in [3.63, 3.8) is 0 Å². The minimum atomic E-state index is -0.749. The average Bonchev–Trinajstić information content (AvgIpc) is 2.63. The first-order chi connectivity index (χ1) is 13.4. The van der Waals surface area contributed by atoms with Gasteiger partial charge >= 0.3 is 12.1 Å². The lowest BCUT2D eigenvalue weighted by molar-refractivity contribution is -0.144. The first-order valence-corrected chi connectivity index (χ1v) is 10.8. The largest absolute Gasteiger partial charge is 0.469 e. The summed E-state index contributed by atoms with van der Waals surface area (Å²) in [6, 6.07) is -0.308. The van der Waals surface area contributed by atoms with Gasteiger partial charge in [-0.15, -0.1) is 0 Å². The van der Waals surface area contributed by atoms with E-state index in [9.17, 15) is 14.4 Å². The number of nitrogens with one attached hydrogen (secondary N) is 1. The standard InChI is InChI=1S/C22H40N2O5/c1-8-9-10-17(23-20(27)29-21(2,3)4)22(5,6)19(26)24-13-11-16(12-14-24)15-18(25)28-7/h16-17H,8-15H2,1-7H3,(H,23,27). The van der Waals surface area contributed by atoms with Crippen LogP contribution >= 0.6 is 0 Å². The third kappa shape index (κ3) is 8.23. The molecule has 7 heteroatoms. The Morgan fingerprint density at radius 1 is 1.10 bits per heavy atom. The van der Waals surface area contributed by atoms with E-state index in [4.69, 9.17) is 9.47 Å². The van der Waals surface area contributed by atoms with Crippen molar-refractivity contribution in [1.82, 2.24) is 10.2 Å². The van der Waals surface area contributed by atoms with Gasteiger partial charge in [0.15, 0.2) is 0 Å². The summed E-state index contributed by atoms with van der Waals surface area (Å²) in [4.78, 5) is 39.0. The Labute approximate surface area is 175 Å². The number of alkyl carbamates (subject to hydrolysis) is 1. The van der Waals surface area contributed by atoms with Crippen molar-refractivity contribution in [2.75, 3.05) is 20.2 Å². The first-order valence-electron chi connectivity index (χ1n) is 10.8. The van der Waals surface area contributed by atoms with E-state index >= 15 is 0 Å².